The van der Waals surface area contributed by atoms with E-state index in [1.165, 1.54) is 23.1 Å². The molecule has 0 unspecified atom stereocenters. The second-order valence-electron chi connectivity index (χ2n) is 4.82. The van der Waals surface area contributed by atoms with Gasteiger partial charge in [0.15, 0.2) is 10.2 Å². The third-order valence-electron chi connectivity index (χ3n) is 3.16. The molecule has 0 aliphatic rings. The number of aromatic amines is 1. The van der Waals surface area contributed by atoms with Gasteiger partial charge in [-0.15, -0.1) is 10.2 Å². The van der Waals surface area contributed by atoms with Gasteiger partial charge in [0, 0.05) is 0 Å². The highest BCUT2D eigenvalue weighted by atomic mass is 32.2. The summed E-state index contributed by atoms with van der Waals surface area (Å²) in [4.78, 5) is 7.43. The number of nitrogens with one attached hydrogen (secondary N) is 1. The first-order valence-electron chi connectivity index (χ1n) is 6.83. The van der Waals surface area contributed by atoms with Crippen LogP contribution >= 0.6 is 23.1 Å². The van der Waals surface area contributed by atoms with E-state index in [1.54, 1.807) is 0 Å². The molecule has 1 aromatic carbocycles. The molecule has 0 aliphatic heterocycles. The van der Waals surface area contributed by atoms with Gasteiger partial charge in [-0.05, 0) is 26.0 Å². The van der Waals surface area contributed by atoms with Gasteiger partial charge in [-0.1, -0.05) is 35.2 Å². The van der Waals surface area contributed by atoms with Gasteiger partial charge in [-0.3, -0.25) is 0 Å². The molecule has 23 heavy (non-hydrogen) atoms. The maximum atomic E-state index is 10.5. The minimum Gasteiger partial charge on any atom is -0.510 e. The maximum Gasteiger partial charge on any atom is 0.174 e. The molecule has 0 aliphatic carbocycles. The van der Waals surface area contributed by atoms with Crippen LogP contribution < -0.4 is 0 Å². The Morgan fingerprint density at radius 3 is 2.83 bits per heavy atom. The van der Waals surface area contributed by atoms with Crippen LogP contribution in [-0.2, 0) is 0 Å². The Balaban J connectivity index is 1.93. The van der Waals surface area contributed by atoms with Crippen LogP contribution in [0.2, 0.25) is 0 Å². The number of thioether (sulfide) groups is 1. The number of allylic oxidation sites excluding steroid dienone is 1. The number of hydrogen-bond donors (Lipinski definition) is 2. The number of aryl methyl sites for hydroxylation is 1. The number of hydrogen-bond acceptors (Lipinski definition) is 7. The van der Waals surface area contributed by atoms with Crippen LogP contribution in [0, 0.1) is 18.3 Å². The summed E-state index contributed by atoms with van der Waals surface area (Å²) in [6.07, 6.45) is 0. The zero-order chi connectivity index (χ0) is 16.4. The topological polar surface area (TPSA) is 98.5 Å². The van der Waals surface area contributed by atoms with Crippen LogP contribution in [0.5, 0.6) is 0 Å². The lowest BCUT2D eigenvalue weighted by molar-refractivity contribution is 0.402. The van der Waals surface area contributed by atoms with E-state index in [2.05, 4.69) is 20.2 Å². The van der Waals surface area contributed by atoms with Crippen LogP contribution in [0.25, 0.3) is 16.6 Å². The number of fused-ring (bicyclic) bond motifs is 1. The van der Waals surface area contributed by atoms with Crippen LogP contribution in [0.3, 0.4) is 0 Å². The van der Waals surface area contributed by atoms with Gasteiger partial charge in [0.25, 0.3) is 0 Å². The number of rotatable bonds is 4. The third-order valence-corrected chi connectivity index (χ3v) is 5.20. The Morgan fingerprint density at radius 1 is 1.39 bits per heavy atom. The first-order valence-corrected chi connectivity index (χ1v) is 8.53. The summed E-state index contributed by atoms with van der Waals surface area (Å²) in [7, 11) is 0. The fraction of sp³-hybridized carbons (Fsp3) is 0.200. The van der Waals surface area contributed by atoms with Gasteiger partial charge in [0.1, 0.15) is 22.4 Å². The summed E-state index contributed by atoms with van der Waals surface area (Å²) >= 11 is 2.82. The van der Waals surface area contributed by atoms with E-state index < -0.39 is 0 Å². The maximum absolute atomic E-state index is 10.5. The number of benzene rings is 1. The minimum atomic E-state index is -0.329. The average molecular weight is 343 g/mol. The van der Waals surface area contributed by atoms with Gasteiger partial charge < -0.3 is 10.1 Å². The fourth-order valence-electron chi connectivity index (χ4n) is 2.04. The molecule has 0 bridgehead atoms. The Kier molecular flexibility index (Phi) is 4.32. The molecule has 116 valence electrons. The van der Waals surface area contributed by atoms with Gasteiger partial charge in [-0.25, -0.2) is 4.98 Å². The molecule has 0 amide bonds. The van der Waals surface area contributed by atoms with Crippen molar-refractivity contribution in [1.82, 2.24) is 20.2 Å². The molecule has 1 atom stereocenters. The molecule has 0 saturated carbocycles. The van der Waals surface area contributed by atoms with Crippen LogP contribution in [0.1, 0.15) is 17.8 Å². The highest BCUT2D eigenvalue weighted by Gasteiger charge is 2.20. The molecular weight excluding hydrogens is 330 g/mol. The number of nitrogens with zero attached hydrogens (tertiary/aromatic N) is 4. The number of aliphatic hydroxyl groups is 1. The van der Waals surface area contributed by atoms with Crippen molar-refractivity contribution in [1.29, 1.82) is 5.26 Å². The standard InChI is InChI=1S/C15H13N5OS2/c1-8(22-15-20-19-9(2)23-15)13(21)10(7-16)14-17-11-5-3-4-6-12(11)18-14/h3-6,8,21H,1-2H3,(H,17,18)/b13-10-/t8-/m1/s1. The van der Waals surface area contributed by atoms with Crippen molar-refractivity contribution in [3.05, 3.63) is 40.9 Å². The number of para-hydroxylation sites is 2. The van der Waals surface area contributed by atoms with E-state index in [0.717, 1.165) is 20.4 Å². The van der Waals surface area contributed by atoms with Gasteiger partial charge >= 0.3 is 0 Å². The molecule has 3 rings (SSSR count). The predicted molar refractivity (Wildman–Crippen MR) is 91.2 cm³/mol. The Labute approximate surface area is 140 Å². The van der Waals surface area contributed by atoms with Crippen molar-refractivity contribution in [3.8, 4) is 6.07 Å². The minimum absolute atomic E-state index is 0.0237. The third kappa shape index (κ3) is 3.21. The van der Waals surface area contributed by atoms with Gasteiger partial charge in [0.05, 0.1) is 16.3 Å². The molecule has 2 N–H and O–H groups in total. The second-order valence-corrected chi connectivity index (χ2v) is 7.59. The lowest BCUT2D eigenvalue weighted by Gasteiger charge is -2.09. The quantitative estimate of drug-likeness (QED) is 0.426. The fourth-order valence-corrected chi connectivity index (χ4v) is 4.06. The van der Waals surface area contributed by atoms with Crippen LogP contribution in [-0.4, -0.2) is 30.5 Å². The largest absolute Gasteiger partial charge is 0.510 e. The number of imidazole rings is 1. The van der Waals surface area contributed by atoms with Crippen molar-refractivity contribution in [3.63, 3.8) is 0 Å². The molecule has 0 saturated heterocycles. The molecule has 8 heteroatoms. The first kappa shape index (κ1) is 15.5. The zero-order valence-corrected chi connectivity index (χ0v) is 14.1. The summed E-state index contributed by atoms with van der Waals surface area (Å²) in [5.41, 5.74) is 1.72. The number of nitriles is 1. The SMILES string of the molecule is Cc1nnc(S[C@H](C)/C(O)=C(\C#N)c2nc3ccccc3[nH]2)s1. The van der Waals surface area contributed by atoms with Gasteiger partial charge in [0.2, 0.25) is 0 Å². The van der Waals surface area contributed by atoms with Crippen LogP contribution in [0.4, 0.5) is 0 Å². The highest BCUT2D eigenvalue weighted by molar-refractivity contribution is 8.01. The highest BCUT2D eigenvalue weighted by Crippen LogP contribution is 2.32. The van der Waals surface area contributed by atoms with Crippen molar-refractivity contribution in [2.45, 2.75) is 23.4 Å². The van der Waals surface area contributed by atoms with Crippen molar-refractivity contribution in [2.24, 2.45) is 0 Å². The summed E-state index contributed by atoms with van der Waals surface area (Å²) in [5, 5.41) is 28.4. The second kappa shape index (κ2) is 6.40. The van der Waals surface area contributed by atoms with Crippen LogP contribution in [0.15, 0.2) is 34.4 Å². The molecule has 2 aromatic heterocycles. The predicted octanol–water partition coefficient (Wildman–Crippen LogP) is 3.70. The number of aromatic nitrogens is 4. The van der Waals surface area contributed by atoms with E-state index in [1.807, 2.05) is 44.2 Å². The normalized spacial score (nSPS) is 13.6. The van der Waals surface area contributed by atoms with E-state index in [9.17, 15) is 10.4 Å². The lowest BCUT2D eigenvalue weighted by atomic mass is 10.2. The number of H-pyrrole nitrogens is 1. The van der Waals surface area contributed by atoms with E-state index in [0.29, 0.717) is 5.82 Å². The molecule has 2 heterocycles. The Morgan fingerprint density at radius 2 is 2.17 bits per heavy atom. The van der Waals surface area contributed by atoms with E-state index in [4.69, 9.17) is 0 Å². The molecule has 0 fully saturated rings. The zero-order valence-electron chi connectivity index (χ0n) is 12.4. The smallest absolute Gasteiger partial charge is 0.174 e. The summed E-state index contributed by atoms with van der Waals surface area (Å²) in [5.74, 6) is 0.344. The summed E-state index contributed by atoms with van der Waals surface area (Å²) < 4.78 is 0.753. The van der Waals surface area contributed by atoms with Crippen molar-refractivity contribution in [2.75, 3.05) is 0 Å². The Hall–Kier alpha value is -2.37. The molecule has 0 spiro atoms. The monoisotopic (exact) mass is 343 g/mol. The molecular formula is C15H13N5OS2. The summed E-state index contributed by atoms with van der Waals surface area (Å²) in [6, 6.07) is 9.53. The molecule has 3 aromatic rings. The molecule has 6 nitrogen and oxygen atoms in total. The number of aliphatic hydroxyl groups excluding tert-OH is 1. The molecule has 0 radical (unpaired) electrons. The van der Waals surface area contributed by atoms with E-state index in [-0.39, 0.29) is 16.6 Å². The lowest BCUT2D eigenvalue weighted by Crippen LogP contribution is -2.04. The summed E-state index contributed by atoms with van der Waals surface area (Å²) in [6.45, 7) is 3.69. The van der Waals surface area contributed by atoms with Gasteiger partial charge in [-0.2, -0.15) is 5.26 Å². The van der Waals surface area contributed by atoms with Crippen molar-refractivity contribution >= 4 is 39.7 Å². The van der Waals surface area contributed by atoms with Crippen molar-refractivity contribution < 1.29 is 5.11 Å². The Bertz CT molecular complexity index is 888. The first-order chi connectivity index (χ1) is 11.1. The average Bonchev–Trinajstić information content (AvgIpc) is 3.13. The van der Waals surface area contributed by atoms with E-state index >= 15 is 0 Å².